The summed E-state index contributed by atoms with van der Waals surface area (Å²) in [6.07, 6.45) is 1.13. The number of carbonyl (C=O) groups excluding carboxylic acids is 3. The average Bonchev–Trinajstić information content (AvgIpc) is 2.85. The average molecular weight is 523 g/mol. The van der Waals surface area contributed by atoms with Gasteiger partial charge in [-0.15, -0.1) is 0 Å². The van der Waals surface area contributed by atoms with Crippen LogP contribution < -0.4 is 15.5 Å². The Balaban J connectivity index is 1.72. The van der Waals surface area contributed by atoms with Crippen molar-refractivity contribution in [2.24, 2.45) is 10.5 Å². The Morgan fingerprint density at radius 2 is 1.59 bits per heavy atom. The highest BCUT2D eigenvalue weighted by atomic mass is 35.5. The second kappa shape index (κ2) is 11.4. The lowest BCUT2D eigenvalue weighted by Crippen LogP contribution is -2.27. The van der Waals surface area contributed by atoms with Crippen LogP contribution in [0.25, 0.3) is 0 Å². The van der Waals surface area contributed by atoms with E-state index in [4.69, 9.17) is 16.3 Å². The molecule has 2 N–H and O–H groups in total. The molecule has 0 unspecified atom stereocenters. The zero-order valence-electron chi connectivity index (χ0n) is 20.2. The first kappa shape index (κ1) is 27.0. The monoisotopic (exact) mass is 522 g/mol. The van der Waals surface area contributed by atoms with Crippen molar-refractivity contribution in [2.45, 2.75) is 20.8 Å². The van der Waals surface area contributed by atoms with Crippen LogP contribution in [0.2, 0.25) is 5.02 Å². The molecule has 0 fully saturated rings. The quantitative estimate of drug-likeness (QED) is 0.143. The minimum absolute atomic E-state index is 0.00231. The van der Waals surface area contributed by atoms with Crippen LogP contribution >= 0.6 is 11.6 Å². The van der Waals surface area contributed by atoms with Gasteiger partial charge in [0.05, 0.1) is 16.7 Å². The van der Waals surface area contributed by atoms with Gasteiger partial charge in [0.2, 0.25) is 5.91 Å². The zero-order valence-corrected chi connectivity index (χ0v) is 20.9. The number of hydrogen-bond acceptors (Lipinski definition) is 7. The number of nitro benzene ring substituents is 1. The second-order valence-electron chi connectivity index (χ2n) is 8.86. The maximum absolute atomic E-state index is 12.5. The van der Waals surface area contributed by atoms with E-state index in [0.29, 0.717) is 10.7 Å². The largest absolute Gasteiger partial charge is 0.422 e. The molecule has 0 aliphatic heterocycles. The van der Waals surface area contributed by atoms with Crippen LogP contribution in [-0.2, 0) is 4.79 Å². The number of esters is 1. The van der Waals surface area contributed by atoms with E-state index in [2.05, 4.69) is 15.8 Å². The number of benzene rings is 3. The Morgan fingerprint density at radius 3 is 2.19 bits per heavy atom. The third-order valence-electron chi connectivity index (χ3n) is 4.94. The molecule has 10 nitrogen and oxygen atoms in total. The van der Waals surface area contributed by atoms with Crippen LogP contribution in [0.3, 0.4) is 0 Å². The number of hydrogen-bond donors (Lipinski definition) is 2. The molecular formula is C26H23ClN4O6. The van der Waals surface area contributed by atoms with Crippen LogP contribution in [0, 0.1) is 15.5 Å². The molecule has 0 heterocycles. The first-order valence-corrected chi connectivity index (χ1v) is 11.3. The Bertz CT molecular complexity index is 1360. The normalized spacial score (nSPS) is 11.1. The molecule has 0 spiro atoms. The molecule has 0 aromatic heterocycles. The van der Waals surface area contributed by atoms with Crippen LogP contribution in [-0.4, -0.2) is 28.9 Å². The van der Waals surface area contributed by atoms with Crippen molar-refractivity contribution >= 4 is 47.0 Å². The van der Waals surface area contributed by atoms with Gasteiger partial charge < -0.3 is 10.1 Å². The summed E-state index contributed by atoms with van der Waals surface area (Å²) in [6.45, 7) is 5.36. The van der Waals surface area contributed by atoms with Gasteiger partial charge in [-0.25, -0.2) is 10.2 Å². The maximum atomic E-state index is 12.5. The van der Waals surface area contributed by atoms with E-state index in [1.54, 1.807) is 32.9 Å². The van der Waals surface area contributed by atoms with Crippen molar-refractivity contribution in [3.05, 3.63) is 98.6 Å². The molecule has 0 aliphatic carbocycles. The lowest BCUT2D eigenvalue weighted by atomic mass is 9.95. The van der Waals surface area contributed by atoms with E-state index in [0.717, 1.165) is 12.3 Å². The molecule has 0 radical (unpaired) electrons. The van der Waals surface area contributed by atoms with Crippen molar-refractivity contribution in [1.82, 2.24) is 5.43 Å². The Kier molecular flexibility index (Phi) is 8.36. The number of nitrogens with zero attached hydrogens (tertiary/aromatic N) is 2. The van der Waals surface area contributed by atoms with Gasteiger partial charge in [0.15, 0.2) is 0 Å². The van der Waals surface area contributed by atoms with Gasteiger partial charge >= 0.3 is 5.97 Å². The smallest absolute Gasteiger partial charge is 0.343 e. The predicted molar refractivity (Wildman–Crippen MR) is 139 cm³/mol. The molecule has 0 bridgehead atoms. The first-order valence-electron chi connectivity index (χ1n) is 10.9. The Hall–Kier alpha value is -4.57. The lowest BCUT2D eigenvalue weighted by Gasteiger charge is -2.17. The third kappa shape index (κ3) is 7.45. The number of ether oxygens (including phenoxy) is 1. The number of amides is 2. The van der Waals surface area contributed by atoms with Gasteiger partial charge in [-0.2, -0.15) is 5.10 Å². The number of rotatable bonds is 7. The maximum Gasteiger partial charge on any atom is 0.343 e. The number of hydrazone groups is 1. The fraction of sp³-hybridized carbons (Fsp3) is 0.154. The summed E-state index contributed by atoms with van der Waals surface area (Å²) in [6, 6.07) is 15.8. The first-order chi connectivity index (χ1) is 17.4. The highest BCUT2D eigenvalue weighted by Gasteiger charge is 2.21. The highest BCUT2D eigenvalue weighted by molar-refractivity contribution is 6.30. The topological polar surface area (TPSA) is 140 Å². The highest BCUT2D eigenvalue weighted by Crippen LogP contribution is 2.24. The molecule has 0 saturated carbocycles. The Morgan fingerprint density at radius 1 is 0.973 bits per heavy atom. The molecule has 0 saturated heterocycles. The van der Waals surface area contributed by atoms with Crippen LogP contribution in [0.15, 0.2) is 71.8 Å². The van der Waals surface area contributed by atoms with Gasteiger partial charge in [-0.05, 0) is 54.6 Å². The van der Waals surface area contributed by atoms with Crippen LogP contribution in [0.4, 0.5) is 11.4 Å². The van der Waals surface area contributed by atoms with E-state index < -0.39 is 22.2 Å². The number of carbonyl (C=O) groups is 3. The number of non-ortho nitro benzene ring substituents is 1. The van der Waals surface area contributed by atoms with Gasteiger partial charge in [-0.1, -0.05) is 32.4 Å². The van der Waals surface area contributed by atoms with Crippen LogP contribution in [0.5, 0.6) is 5.75 Å². The SMILES string of the molecule is CC(C)(C)C(=O)Nc1ccc(C(=O)N/N=C/c2cc([N+](=O)[O-])ccc2OC(=O)c2ccc(Cl)cc2)cc1. The van der Waals surface area contributed by atoms with E-state index in [-0.39, 0.29) is 34.0 Å². The molecule has 0 aliphatic rings. The number of nitro groups is 1. The van der Waals surface area contributed by atoms with Crippen molar-refractivity contribution in [3.63, 3.8) is 0 Å². The van der Waals surface area contributed by atoms with Crippen molar-refractivity contribution in [3.8, 4) is 5.75 Å². The van der Waals surface area contributed by atoms with Gasteiger partial charge in [0.25, 0.3) is 11.6 Å². The fourth-order valence-corrected chi connectivity index (χ4v) is 2.96. The van der Waals surface area contributed by atoms with Gasteiger partial charge in [0, 0.05) is 39.4 Å². The van der Waals surface area contributed by atoms with Gasteiger partial charge in [-0.3, -0.25) is 19.7 Å². The van der Waals surface area contributed by atoms with Crippen molar-refractivity contribution < 1.29 is 24.0 Å². The van der Waals surface area contributed by atoms with Crippen molar-refractivity contribution in [1.29, 1.82) is 0 Å². The van der Waals surface area contributed by atoms with Crippen molar-refractivity contribution in [2.75, 3.05) is 5.32 Å². The third-order valence-corrected chi connectivity index (χ3v) is 5.19. The molecule has 37 heavy (non-hydrogen) atoms. The van der Waals surface area contributed by atoms with E-state index in [1.807, 2.05) is 0 Å². The van der Waals surface area contributed by atoms with Gasteiger partial charge in [0.1, 0.15) is 5.75 Å². The second-order valence-corrected chi connectivity index (χ2v) is 9.29. The molecule has 3 aromatic carbocycles. The summed E-state index contributed by atoms with van der Waals surface area (Å²) in [4.78, 5) is 47.6. The minimum Gasteiger partial charge on any atom is -0.422 e. The van der Waals surface area contributed by atoms with E-state index in [9.17, 15) is 24.5 Å². The lowest BCUT2D eigenvalue weighted by molar-refractivity contribution is -0.384. The standard InChI is InChI=1S/C26H23ClN4O6/c1-26(2,3)25(34)29-20-10-6-16(7-11-20)23(32)30-28-15-18-14-21(31(35)36)12-13-22(18)37-24(33)17-4-8-19(27)9-5-17/h4-15H,1-3H3,(H,29,34)(H,30,32)/b28-15+. The zero-order chi connectivity index (χ0) is 27.2. The molecule has 2 amide bonds. The van der Waals surface area contributed by atoms with E-state index >= 15 is 0 Å². The van der Waals surface area contributed by atoms with E-state index in [1.165, 1.54) is 48.5 Å². The molecule has 190 valence electrons. The number of halogens is 1. The molecule has 0 atom stereocenters. The molecule has 3 aromatic rings. The molecule has 3 rings (SSSR count). The molecular weight excluding hydrogens is 500 g/mol. The number of nitrogens with one attached hydrogen (secondary N) is 2. The summed E-state index contributed by atoms with van der Waals surface area (Å²) in [5.74, 6) is -1.43. The fourth-order valence-electron chi connectivity index (χ4n) is 2.84. The van der Waals surface area contributed by atoms with Crippen LogP contribution in [0.1, 0.15) is 47.1 Å². The minimum atomic E-state index is -0.706. The summed E-state index contributed by atoms with van der Waals surface area (Å²) in [7, 11) is 0. The summed E-state index contributed by atoms with van der Waals surface area (Å²) < 4.78 is 5.37. The molecule has 11 heteroatoms. The summed E-state index contributed by atoms with van der Waals surface area (Å²) >= 11 is 5.84. The summed E-state index contributed by atoms with van der Waals surface area (Å²) in [5, 5.41) is 18.3. The predicted octanol–water partition coefficient (Wildman–Crippen LogP) is 5.22. The summed E-state index contributed by atoms with van der Waals surface area (Å²) in [5.41, 5.74) is 2.60. The number of anilines is 1. The Labute approximate surface area is 217 Å².